The Balaban J connectivity index is 2.15. The minimum atomic E-state index is -0.249. The first-order valence-corrected chi connectivity index (χ1v) is 8.61. The zero-order valence-electron chi connectivity index (χ0n) is 13.2. The summed E-state index contributed by atoms with van der Waals surface area (Å²) in [6.45, 7) is 5.75. The minimum absolute atomic E-state index is 0.148. The van der Waals surface area contributed by atoms with E-state index in [9.17, 15) is 4.79 Å². The molecule has 1 aliphatic carbocycles. The van der Waals surface area contributed by atoms with E-state index in [-0.39, 0.29) is 12.1 Å². The van der Waals surface area contributed by atoms with E-state index < -0.39 is 0 Å². The van der Waals surface area contributed by atoms with Gasteiger partial charge in [0.15, 0.2) is 0 Å². The van der Waals surface area contributed by atoms with Crippen molar-refractivity contribution in [1.82, 2.24) is 0 Å². The van der Waals surface area contributed by atoms with E-state index in [0.717, 1.165) is 6.42 Å². The summed E-state index contributed by atoms with van der Waals surface area (Å²) in [6, 6.07) is 0. The van der Waals surface area contributed by atoms with Crippen LogP contribution in [0.1, 0.15) is 84.0 Å². The fourth-order valence-corrected chi connectivity index (χ4v) is 3.22. The molecule has 1 rings (SSSR count). The molecule has 0 N–H and O–H groups in total. The molecule has 0 aromatic heterocycles. The molecule has 2 nitrogen and oxygen atoms in total. The van der Waals surface area contributed by atoms with Gasteiger partial charge < -0.3 is 4.74 Å². The van der Waals surface area contributed by atoms with Crippen LogP contribution in [-0.4, -0.2) is 12.1 Å². The second-order valence-electron chi connectivity index (χ2n) is 6.13. The van der Waals surface area contributed by atoms with Gasteiger partial charge in [-0.15, -0.1) is 0 Å². The van der Waals surface area contributed by atoms with Crippen LogP contribution in [-0.2, 0) is 9.53 Å². The smallest absolute Gasteiger partial charge is 0.330 e. The number of ether oxygens (including phenoxy) is 1. The van der Waals surface area contributed by atoms with Crippen LogP contribution in [0.25, 0.3) is 0 Å². The molecule has 0 spiro atoms. The van der Waals surface area contributed by atoms with Crippen LogP contribution in [0.2, 0.25) is 0 Å². The topological polar surface area (TPSA) is 26.3 Å². The summed E-state index contributed by atoms with van der Waals surface area (Å²) in [5, 5.41) is 0. The molecule has 0 aliphatic heterocycles. The highest BCUT2D eigenvalue weighted by molar-refractivity contribution is 5.81. The van der Waals surface area contributed by atoms with Gasteiger partial charge in [-0.3, -0.25) is 0 Å². The fourth-order valence-electron chi connectivity index (χ4n) is 3.22. The maximum Gasteiger partial charge on any atom is 0.330 e. The van der Waals surface area contributed by atoms with Gasteiger partial charge in [0.2, 0.25) is 0 Å². The molecule has 2 unspecified atom stereocenters. The quantitative estimate of drug-likeness (QED) is 0.303. The van der Waals surface area contributed by atoms with Gasteiger partial charge in [-0.05, 0) is 31.6 Å². The maximum absolute atomic E-state index is 11.4. The van der Waals surface area contributed by atoms with Crippen LogP contribution in [0.3, 0.4) is 0 Å². The van der Waals surface area contributed by atoms with Crippen LogP contribution in [0, 0.1) is 5.92 Å². The molecule has 0 radical (unpaired) electrons. The first-order valence-electron chi connectivity index (χ1n) is 8.61. The third kappa shape index (κ3) is 7.12. The van der Waals surface area contributed by atoms with Gasteiger partial charge in [0.05, 0.1) is 0 Å². The second kappa shape index (κ2) is 10.9. The van der Waals surface area contributed by atoms with E-state index in [1.165, 1.54) is 76.7 Å². The standard InChI is InChI=1S/C18H32O2/c1-3-5-6-7-8-9-10-13-16-14-11-12-15-17(16)20-18(19)4-2/h4,16-17H,2-3,5-15H2,1H3. The Labute approximate surface area is 125 Å². The van der Waals surface area contributed by atoms with Gasteiger partial charge in [-0.25, -0.2) is 4.79 Å². The summed E-state index contributed by atoms with van der Waals surface area (Å²) < 4.78 is 5.51. The van der Waals surface area contributed by atoms with Crippen LogP contribution in [0.4, 0.5) is 0 Å². The maximum atomic E-state index is 11.4. The molecule has 0 aromatic carbocycles. The van der Waals surface area contributed by atoms with Crippen molar-refractivity contribution in [1.29, 1.82) is 0 Å². The number of rotatable bonds is 10. The Morgan fingerprint density at radius 2 is 1.75 bits per heavy atom. The van der Waals surface area contributed by atoms with Crippen molar-refractivity contribution < 1.29 is 9.53 Å². The number of hydrogen-bond donors (Lipinski definition) is 0. The summed E-state index contributed by atoms with van der Waals surface area (Å²) in [4.78, 5) is 11.4. The summed E-state index contributed by atoms with van der Waals surface area (Å²) >= 11 is 0. The van der Waals surface area contributed by atoms with Crippen molar-refractivity contribution >= 4 is 5.97 Å². The Hall–Kier alpha value is -0.790. The van der Waals surface area contributed by atoms with Crippen LogP contribution >= 0.6 is 0 Å². The normalized spacial score (nSPS) is 22.4. The summed E-state index contributed by atoms with van der Waals surface area (Å²) in [5.41, 5.74) is 0. The molecule has 1 aliphatic rings. The lowest BCUT2D eigenvalue weighted by atomic mass is 9.83. The van der Waals surface area contributed by atoms with Crippen LogP contribution in [0.5, 0.6) is 0 Å². The Morgan fingerprint density at radius 1 is 1.10 bits per heavy atom. The molecule has 1 saturated carbocycles. The van der Waals surface area contributed by atoms with Gasteiger partial charge in [0, 0.05) is 6.08 Å². The molecule has 0 heterocycles. The first-order chi connectivity index (χ1) is 9.77. The largest absolute Gasteiger partial charge is 0.459 e. The molecule has 20 heavy (non-hydrogen) atoms. The predicted molar refractivity (Wildman–Crippen MR) is 84.6 cm³/mol. The van der Waals surface area contributed by atoms with Crippen molar-refractivity contribution in [2.45, 2.75) is 90.1 Å². The van der Waals surface area contributed by atoms with Crippen molar-refractivity contribution in [3.63, 3.8) is 0 Å². The average Bonchev–Trinajstić information content (AvgIpc) is 2.47. The molecular weight excluding hydrogens is 248 g/mol. The number of esters is 1. The molecule has 0 saturated heterocycles. The highest BCUT2D eigenvalue weighted by Crippen LogP contribution is 2.31. The zero-order valence-corrected chi connectivity index (χ0v) is 13.2. The monoisotopic (exact) mass is 280 g/mol. The average molecular weight is 280 g/mol. The van der Waals surface area contributed by atoms with Gasteiger partial charge in [0.1, 0.15) is 6.10 Å². The molecule has 0 aromatic rings. The lowest BCUT2D eigenvalue weighted by molar-refractivity contribution is -0.147. The summed E-state index contributed by atoms with van der Waals surface area (Å²) in [7, 11) is 0. The van der Waals surface area contributed by atoms with Crippen molar-refractivity contribution in [3.8, 4) is 0 Å². The van der Waals surface area contributed by atoms with Crippen molar-refractivity contribution in [3.05, 3.63) is 12.7 Å². The summed E-state index contributed by atoms with van der Waals surface area (Å²) in [6.07, 6.45) is 16.9. The van der Waals surface area contributed by atoms with E-state index in [4.69, 9.17) is 4.74 Å². The first kappa shape index (κ1) is 17.3. The Kier molecular flexibility index (Phi) is 9.44. The molecule has 1 fully saturated rings. The van der Waals surface area contributed by atoms with Gasteiger partial charge >= 0.3 is 5.97 Å². The molecule has 2 atom stereocenters. The molecule has 0 bridgehead atoms. The van der Waals surface area contributed by atoms with E-state index >= 15 is 0 Å². The van der Waals surface area contributed by atoms with Gasteiger partial charge in [-0.1, -0.05) is 64.9 Å². The molecule has 2 heteroatoms. The molecular formula is C18H32O2. The van der Waals surface area contributed by atoms with E-state index in [2.05, 4.69) is 13.5 Å². The van der Waals surface area contributed by atoms with Crippen LogP contribution in [0.15, 0.2) is 12.7 Å². The van der Waals surface area contributed by atoms with Gasteiger partial charge in [-0.2, -0.15) is 0 Å². The highest BCUT2D eigenvalue weighted by atomic mass is 16.5. The SMILES string of the molecule is C=CC(=O)OC1CCCCC1CCCCCCCCC. The Bertz CT molecular complexity index is 273. The lowest BCUT2D eigenvalue weighted by Gasteiger charge is -2.30. The number of carbonyl (C=O) groups excluding carboxylic acids is 1. The second-order valence-corrected chi connectivity index (χ2v) is 6.13. The summed E-state index contributed by atoms with van der Waals surface area (Å²) in [5.74, 6) is 0.338. The Morgan fingerprint density at radius 3 is 2.45 bits per heavy atom. The number of unbranched alkanes of at least 4 members (excludes halogenated alkanes) is 6. The molecule has 116 valence electrons. The lowest BCUT2D eigenvalue weighted by Crippen LogP contribution is -2.29. The van der Waals surface area contributed by atoms with Gasteiger partial charge in [0.25, 0.3) is 0 Å². The number of hydrogen-bond acceptors (Lipinski definition) is 2. The van der Waals surface area contributed by atoms with Crippen molar-refractivity contribution in [2.24, 2.45) is 5.92 Å². The third-order valence-corrected chi connectivity index (χ3v) is 4.45. The fraction of sp³-hybridized carbons (Fsp3) is 0.833. The number of carbonyl (C=O) groups is 1. The predicted octanol–water partition coefficient (Wildman–Crippen LogP) is 5.42. The van der Waals surface area contributed by atoms with E-state index in [0.29, 0.717) is 5.92 Å². The van der Waals surface area contributed by atoms with Crippen molar-refractivity contribution in [2.75, 3.05) is 0 Å². The molecule has 0 amide bonds. The highest BCUT2D eigenvalue weighted by Gasteiger charge is 2.27. The zero-order chi connectivity index (χ0) is 14.6. The van der Waals surface area contributed by atoms with E-state index in [1.54, 1.807) is 0 Å². The van der Waals surface area contributed by atoms with Crippen LogP contribution < -0.4 is 0 Å². The third-order valence-electron chi connectivity index (χ3n) is 4.45. The van der Waals surface area contributed by atoms with E-state index in [1.807, 2.05) is 0 Å². The minimum Gasteiger partial charge on any atom is -0.459 e.